The number of methoxy groups -OCH3 is 2. The fourth-order valence-corrected chi connectivity index (χ4v) is 2.13. The van der Waals surface area contributed by atoms with Crippen LogP contribution in [0.15, 0.2) is 18.2 Å². The van der Waals surface area contributed by atoms with Crippen LogP contribution < -0.4 is 14.8 Å². The van der Waals surface area contributed by atoms with Crippen molar-refractivity contribution >= 4 is 11.8 Å². The number of halogens is 3. The van der Waals surface area contributed by atoms with E-state index in [0.29, 0.717) is 17.1 Å². The standard InChI is InChI=1S/C16H21F3N2O5/c1-10(22)8-21(14(23)7-20-15(24)16(17,18)19)9-11-4-5-12(25-2)6-13(11)26-3/h4-6,10,22H,7-9H2,1-3H3,(H,20,24). The molecule has 1 unspecified atom stereocenters. The van der Waals surface area contributed by atoms with Gasteiger partial charge in [0.05, 0.1) is 26.9 Å². The Balaban J connectivity index is 2.90. The smallest absolute Gasteiger partial charge is 0.471 e. The predicted molar refractivity (Wildman–Crippen MR) is 85.7 cm³/mol. The number of carbonyl (C=O) groups excluding carboxylic acids is 2. The molecule has 1 atom stereocenters. The maximum atomic E-state index is 12.2. The van der Waals surface area contributed by atoms with E-state index in [1.165, 1.54) is 26.5 Å². The van der Waals surface area contributed by atoms with Crippen LogP contribution in [0.4, 0.5) is 13.2 Å². The van der Waals surface area contributed by atoms with Crippen molar-refractivity contribution in [1.29, 1.82) is 0 Å². The van der Waals surface area contributed by atoms with E-state index in [1.807, 2.05) is 0 Å². The Kier molecular flexibility index (Phi) is 7.69. The molecule has 26 heavy (non-hydrogen) atoms. The number of carbonyl (C=O) groups is 2. The molecule has 2 amide bonds. The number of rotatable bonds is 8. The fourth-order valence-electron chi connectivity index (χ4n) is 2.13. The number of hydrogen-bond donors (Lipinski definition) is 2. The average Bonchev–Trinajstić information content (AvgIpc) is 2.57. The number of ether oxygens (including phenoxy) is 2. The molecule has 1 aromatic carbocycles. The third kappa shape index (κ3) is 6.43. The molecule has 0 saturated heterocycles. The number of hydrogen-bond acceptors (Lipinski definition) is 5. The number of aliphatic hydroxyl groups is 1. The van der Waals surface area contributed by atoms with Crippen molar-refractivity contribution < 1.29 is 37.3 Å². The van der Waals surface area contributed by atoms with Crippen LogP contribution in [-0.2, 0) is 16.1 Å². The van der Waals surface area contributed by atoms with Crippen LogP contribution in [0.1, 0.15) is 12.5 Å². The predicted octanol–water partition coefficient (Wildman–Crippen LogP) is 1.09. The first kappa shape index (κ1) is 21.6. The van der Waals surface area contributed by atoms with Crippen molar-refractivity contribution in [2.45, 2.75) is 25.7 Å². The summed E-state index contributed by atoms with van der Waals surface area (Å²) in [5.41, 5.74) is 0.560. The van der Waals surface area contributed by atoms with E-state index in [9.17, 15) is 27.9 Å². The summed E-state index contributed by atoms with van der Waals surface area (Å²) >= 11 is 0. The Labute approximate surface area is 148 Å². The number of alkyl halides is 3. The van der Waals surface area contributed by atoms with Crippen LogP contribution in [0.2, 0.25) is 0 Å². The second kappa shape index (κ2) is 9.27. The summed E-state index contributed by atoms with van der Waals surface area (Å²) in [6.07, 6.45) is -5.99. The molecular weight excluding hydrogens is 357 g/mol. The lowest BCUT2D eigenvalue weighted by atomic mass is 10.1. The summed E-state index contributed by atoms with van der Waals surface area (Å²) in [7, 11) is 2.89. The Bertz CT molecular complexity index is 635. The van der Waals surface area contributed by atoms with E-state index < -0.39 is 30.6 Å². The quantitative estimate of drug-likeness (QED) is 0.707. The van der Waals surface area contributed by atoms with Crippen LogP contribution in [-0.4, -0.2) is 61.4 Å². The molecule has 0 aliphatic heterocycles. The largest absolute Gasteiger partial charge is 0.497 e. The van der Waals surface area contributed by atoms with E-state index in [-0.39, 0.29) is 13.1 Å². The normalized spacial score (nSPS) is 12.3. The molecule has 0 spiro atoms. The number of nitrogens with zero attached hydrogens (tertiary/aromatic N) is 1. The Morgan fingerprint density at radius 1 is 1.27 bits per heavy atom. The van der Waals surface area contributed by atoms with Crippen molar-refractivity contribution in [2.75, 3.05) is 27.3 Å². The minimum absolute atomic E-state index is 0.0290. The van der Waals surface area contributed by atoms with Gasteiger partial charge in [-0.2, -0.15) is 13.2 Å². The van der Waals surface area contributed by atoms with Gasteiger partial charge in [0.15, 0.2) is 0 Å². The van der Waals surface area contributed by atoms with Gasteiger partial charge in [-0.15, -0.1) is 0 Å². The summed E-state index contributed by atoms with van der Waals surface area (Å²) in [6.45, 7) is 0.429. The van der Waals surface area contributed by atoms with E-state index in [0.717, 1.165) is 4.90 Å². The highest BCUT2D eigenvalue weighted by atomic mass is 19.4. The van der Waals surface area contributed by atoms with Crippen LogP contribution >= 0.6 is 0 Å². The molecule has 0 aliphatic carbocycles. The Hall–Kier alpha value is -2.49. The number of amides is 2. The molecular formula is C16H21F3N2O5. The molecule has 0 heterocycles. The summed E-state index contributed by atoms with van der Waals surface area (Å²) in [5.74, 6) is -2.05. The highest BCUT2D eigenvalue weighted by Crippen LogP contribution is 2.26. The topological polar surface area (TPSA) is 88.1 Å². The van der Waals surface area contributed by atoms with Crippen molar-refractivity contribution in [3.63, 3.8) is 0 Å². The molecule has 1 rings (SSSR count). The van der Waals surface area contributed by atoms with E-state index in [1.54, 1.807) is 18.2 Å². The number of benzene rings is 1. The summed E-state index contributed by atoms with van der Waals surface area (Å²) in [4.78, 5) is 24.2. The number of nitrogens with one attached hydrogen (secondary N) is 1. The summed E-state index contributed by atoms with van der Waals surface area (Å²) < 4.78 is 47.0. The molecule has 7 nitrogen and oxygen atoms in total. The maximum absolute atomic E-state index is 12.2. The van der Waals surface area contributed by atoms with E-state index in [4.69, 9.17) is 9.47 Å². The molecule has 0 bridgehead atoms. The monoisotopic (exact) mass is 378 g/mol. The summed E-state index contributed by atoms with van der Waals surface area (Å²) in [5, 5.41) is 11.1. The molecule has 0 aliphatic rings. The molecule has 0 radical (unpaired) electrons. The molecule has 1 aromatic rings. The Morgan fingerprint density at radius 2 is 1.92 bits per heavy atom. The first-order valence-corrected chi connectivity index (χ1v) is 7.60. The highest BCUT2D eigenvalue weighted by Gasteiger charge is 2.38. The molecule has 10 heteroatoms. The van der Waals surface area contributed by atoms with Gasteiger partial charge in [0, 0.05) is 24.7 Å². The van der Waals surface area contributed by atoms with Crippen LogP contribution in [0, 0.1) is 0 Å². The average molecular weight is 378 g/mol. The SMILES string of the molecule is COc1ccc(CN(CC(C)O)C(=O)CNC(=O)C(F)(F)F)c(OC)c1. The van der Waals surface area contributed by atoms with Crippen LogP contribution in [0.25, 0.3) is 0 Å². The minimum atomic E-state index is -5.07. The first-order valence-electron chi connectivity index (χ1n) is 7.60. The highest BCUT2D eigenvalue weighted by molar-refractivity contribution is 5.87. The second-order valence-electron chi connectivity index (χ2n) is 5.48. The molecule has 146 valence electrons. The van der Waals surface area contributed by atoms with Crippen molar-refractivity contribution in [3.05, 3.63) is 23.8 Å². The zero-order valence-electron chi connectivity index (χ0n) is 14.6. The zero-order chi connectivity index (χ0) is 19.9. The van der Waals surface area contributed by atoms with Gasteiger partial charge < -0.3 is 24.8 Å². The Morgan fingerprint density at radius 3 is 2.42 bits per heavy atom. The van der Waals surface area contributed by atoms with Gasteiger partial charge in [0.2, 0.25) is 5.91 Å². The van der Waals surface area contributed by atoms with Gasteiger partial charge in [-0.05, 0) is 19.1 Å². The van der Waals surface area contributed by atoms with Crippen molar-refractivity contribution in [1.82, 2.24) is 10.2 Å². The van der Waals surface area contributed by atoms with Gasteiger partial charge in [-0.3, -0.25) is 9.59 Å². The van der Waals surface area contributed by atoms with Gasteiger partial charge in [0.25, 0.3) is 0 Å². The molecule has 0 aromatic heterocycles. The van der Waals surface area contributed by atoms with Gasteiger partial charge >= 0.3 is 12.1 Å². The molecule has 2 N–H and O–H groups in total. The van der Waals surface area contributed by atoms with Crippen LogP contribution in [0.5, 0.6) is 11.5 Å². The molecule has 0 fully saturated rings. The van der Waals surface area contributed by atoms with Crippen LogP contribution in [0.3, 0.4) is 0 Å². The second-order valence-corrected chi connectivity index (χ2v) is 5.48. The molecule has 0 saturated carbocycles. The maximum Gasteiger partial charge on any atom is 0.471 e. The lowest BCUT2D eigenvalue weighted by Gasteiger charge is -2.25. The lowest BCUT2D eigenvalue weighted by molar-refractivity contribution is -0.174. The van der Waals surface area contributed by atoms with Gasteiger partial charge in [0.1, 0.15) is 11.5 Å². The third-order valence-electron chi connectivity index (χ3n) is 3.35. The van der Waals surface area contributed by atoms with E-state index >= 15 is 0 Å². The number of aliphatic hydroxyl groups excluding tert-OH is 1. The first-order chi connectivity index (χ1) is 12.1. The van der Waals surface area contributed by atoms with Gasteiger partial charge in [-0.25, -0.2) is 0 Å². The summed E-state index contributed by atoms with van der Waals surface area (Å²) in [6, 6.07) is 4.86. The lowest BCUT2D eigenvalue weighted by Crippen LogP contribution is -2.45. The van der Waals surface area contributed by atoms with E-state index in [2.05, 4.69) is 0 Å². The minimum Gasteiger partial charge on any atom is -0.497 e. The van der Waals surface area contributed by atoms with Crippen molar-refractivity contribution in [3.8, 4) is 11.5 Å². The zero-order valence-corrected chi connectivity index (χ0v) is 14.6. The fraction of sp³-hybridized carbons (Fsp3) is 0.500. The third-order valence-corrected chi connectivity index (χ3v) is 3.35. The van der Waals surface area contributed by atoms with Crippen molar-refractivity contribution in [2.24, 2.45) is 0 Å². The van der Waals surface area contributed by atoms with Gasteiger partial charge in [-0.1, -0.05) is 0 Å².